The van der Waals surface area contributed by atoms with E-state index in [-0.39, 0.29) is 5.82 Å². The summed E-state index contributed by atoms with van der Waals surface area (Å²) in [5.41, 5.74) is 3.21. The number of nitrogens with zero attached hydrogens (tertiary/aromatic N) is 2. The van der Waals surface area contributed by atoms with Gasteiger partial charge in [-0.1, -0.05) is 12.1 Å². The monoisotopic (exact) mass is 263 g/mol. The Bertz CT molecular complexity index is 572. The molecule has 0 saturated heterocycles. The van der Waals surface area contributed by atoms with Gasteiger partial charge in [-0.25, -0.2) is 9.07 Å². The lowest BCUT2D eigenvalue weighted by atomic mass is 10.1. The number of halogens is 1. The van der Waals surface area contributed by atoms with Crippen LogP contribution in [0.1, 0.15) is 16.8 Å². The average Bonchev–Trinajstić information content (AvgIpc) is 2.63. The van der Waals surface area contributed by atoms with Crippen molar-refractivity contribution in [3.63, 3.8) is 0 Å². The van der Waals surface area contributed by atoms with Crippen molar-refractivity contribution in [1.29, 1.82) is 0 Å². The third kappa shape index (κ3) is 2.54. The normalized spacial score (nSPS) is 10.6. The molecule has 0 fully saturated rings. The second kappa shape index (κ2) is 5.30. The zero-order valence-electron chi connectivity index (χ0n) is 11.6. The fourth-order valence-corrected chi connectivity index (χ4v) is 2.17. The fourth-order valence-electron chi connectivity index (χ4n) is 2.17. The molecule has 1 N–H and O–H groups in total. The van der Waals surface area contributed by atoms with Crippen LogP contribution in [0.3, 0.4) is 0 Å². The molecular formula is C14H18FN3O. The van der Waals surface area contributed by atoms with Gasteiger partial charge in [-0.3, -0.25) is 0 Å². The molecule has 0 radical (unpaired) electrons. The second-order valence-corrected chi connectivity index (χ2v) is 4.48. The second-order valence-electron chi connectivity index (χ2n) is 4.48. The van der Waals surface area contributed by atoms with Crippen molar-refractivity contribution in [3.8, 4) is 5.88 Å². The summed E-state index contributed by atoms with van der Waals surface area (Å²) >= 11 is 0. The van der Waals surface area contributed by atoms with Gasteiger partial charge in [-0.2, -0.15) is 5.10 Å². The van der Waals surface area contributed by atoms with Gasteiger partial charge >= 0.3 is 0 Å². The van der Waals surface area contributed by atoms with Crippen LogP contribution in [0, 0.1) is 19.7 Å². The Morgan fingerprint density at radius 1 is 1.37 bits per heavy atom. The number of aromatic nitrogens is 2. The average molecular weight is 263 g/mol. The molecule has 0 aliphatic rings. The number of aryl methyl sites for hydroxylation is 3. The Balaban J connectivity index is 2.24. The van der Waals surface area contributed by atoms with Gasteiger partial charge in [0.05, 0.1) is 24.1 Å². The summed E-state index contributed by atoms with van der Waals surface area (Å²) in [4.78, 5) is 0. The Morgan fingerprint density at radius 3 is 2.74 bits per heavy atom. The largest absolute Gasteiger partial charge is 0.481 e. The van der Waals surface area contributed by atoms with Gasteiger partial charge in [0.25, 0.3) is 0 Å². The molecule has 0 amide bonds. The van der Waals surface area contributed by atoms with Crippen LogP contribution in [0.5, 0.6) is 5.88 Å². The predicted molar refractivity (Wildman–Crippen MR) is 73.0 cm³/mol. The van der Waals surface area contributed by atoms with Crippen LogP contribution in [0.4, 0.5) is 10.1 Å². The minimum absolute atomic E-state index is 0.250. The van der Waals surface area contributed by atoms with Crippen LogP contribution < -0.4 is 10.1 Å². The minimum Gasteiger partial charge on any atom is -0.481 e. The molecule has 4 nitrogen and oxygen atoms in total. The molecule has 0 aliphatic heterocycles. The van der Waals surface area contributed by atoms with Gasteiger partial charge in [-0.15, -0.1) is 0 Å². The number of anilines is 1. The summed E-state index contributed by atoms with van der Waals surface area (Å²) in [6.07, 6.45) is 0. The van der Waals surface area contributed by atoms with Crippen molar-refractivity contribution in [3.05, 3.63) is 40.8 Å². The first-order valence-electron chi connectivity index (χ1n) is 6.10. The van der Waals surface area contributed by atoms with E-state index in [2.05, 4.69) is 10.4 Å². The molecule has 0 spiro atoms. The van der Waals surface area contributed by atoms with Crippen LogP contribution in [-0.4, -0.2) is 16.9 Å². The van der Waals surface area contributed by atoms with E-state index in [4.69, 9.17) is 4.74 Å². The first-order chi connectivity index (χ1) is 9.04. The minimum atomic E-state index is -0.250. The SMILES string of the molecule is COc1c(CNc2c(C)cccc2F)c(C)nn1C. The van der Waals surface area contributed by atoms with Crippen LogP contribution in [-0.2, 0) is 13.6 Å². The summed E-state index contributed by atoms with van der Waals surface area (Å²) < 4.78 is 20.7. The third-order valence-corrected chi connectivity index (χ3v) is 3.15. The van der Waals surface area contributed by atoms with Gasteiger partial charge in [0, 0.05) is 13.6 Å². The summed E-state index contributed by atoms with van der Waals surface area (Å²) in [5.74, 6) is 0.444. The maximum atomic E-state index is 13.7. The predicted octanol–water partition coefficient (Wildman–Crippen LogP) is 2.80. The standard InChI is InChI=1S/C14H18FN3O/c1-9-6-5-7-12(15)13(9)16-8-11-10(2)17-18(3)14(11)19-4/h5-7,16H,8H2,1-4H3. The number of nitrogens with one attached hydrogen (secondary N) is 1. The van der Waals surface area contributed by atoms with Gasteiger partial charge in [0.2, 0.25) is 5.88 Å². The Morgan fingerprint density at radius 2 is 2.11 bits per heavy atom. The van der Waals surface area contributed by atoms with Gasteiger partial charge in [0.15, 0.2) is 0 Å². The summed E-state index contributed by atoms with van der Waals surface area (Å²) in [7, 11) is 3.43. The number of hydrogen-bond donors (Lipinski definition) is 1. The molecule has 0 aliphatic carbocycles. The highest BCUT2D eigenvalue weighted by Gasteiger charge is 2.14. The zero-order chi connectivity index (χ0) is 14.0. The highest BCUT2D eigenvalue weighted by Crippen LogP contribution is 2.24. The van der Waals surface area contributed by atoms with Crippen molar-refractivity contribution in [2.24, 2.45) is 7.05 Å². The summed E-state index contributed by atoms with van der Waals surface area (Å²) in [6.45, 7) is 4.26. The molecular weight excluding hydrogens is 245 g/mol. The Labute approximate surface area is 112 Å². The lowest BCUT2D eigenvalue weighted by molar-refractivity contribution is 0.369. The number of rotatable bonds is 4. The Hall–Kier alpha value is -2.04. The van der Waals surface area contributed by atoms with Crippen molar-refractivity contribution in [2.75, 3.05) is 12.4 Å². The maximum absolute atomic E-state index is 13.7. The maximum Gasteiger partial charge on any atom is 0.216 e. The van der Waals surface area contributed by atoms with E-state index in [1.54, 1.807) is 17.9 Å². The zero-order valence-corrected chi connectivity index (χ0v) is 11.6. The molecule has 2 rings (SSSR count). The van der Waals surface area contributed by atoms with E-state index < -0.39 is 0 Å². The van der Waals surface area contributed by atoms with Gasteiger partial charge in [-0.05, 0) is 25.5 Å². The van der Waals surface area contributed by atoms with E-state index in [0.29, 0.717) is 18.1 Å². The van der Waals surface area contributed by atoms with Crippen LogP contribution in [0.15, 0.2) is 18.2 Å². The van der Waals surface area contributed by atoms with Crippen molar-refractivity contribution >= 4 is 5.69 Å². The van der Waals surface area contributed by atoms with Crippen molar-refractivity contribution in [2.45, 2.75) is 20.4 Å². The van der Waals surface area contributed by atoms with E-state index in [1.807, 2.05) is 27.0 Å². The molecule has 0 bridgehead atoms. The van der Waals surface area contributed by atoms with E-state index >= 15 is 0 Å². The van der Waals surface area contributed by atoms with Crippen molar-refractivity contribution in [1.82, 2.24) is 9.78 Å². The third-order valence-electron chi connectivity index (χ3n) is 3.15. The van der Waals surface area contributed by atoms with Crippen LogP contribution in [0.25, 0.3) is 0 Å². The van der Waals surface area contributed by atoms with Crippen LogP contribution >= 0.6 is 0 Å². The molecule has 5 heteroatoms. The summed E-state index contributed by atoms with van der Waals surface area (Å²) in [5, 5.41) is 7.41. The number of para-hydroxylation sites is 1. The van der Waals surface area contributed by atoms with E-state index in [0.717, 1.165) is 16.8 Å². The molecule has 0 atom stereocenters. The number of ether oxygens (including phenoxy) is 1. The highest BCUT2D eigenvalue weighted by molar-refractivity contribution is 5.52. The number of benzene rings is 1. The number of methoxy groups -OCH3 is 1. The van der Waals surface area contributed by atoms with E-state index in [1.165, 1.54) is 6.07 Å². The molecule has 1 aromatic carbocycles. The quantitative estimate of drug-likeness (QED) is 0.922. The molecule has 1 heterocycles. The number of hydrogen-bond acceptors (Lipinski definition) is 3. The lowest BCUT2D eigenvalue weighted by Crippen LogP contribution is -2.05. The van der Waals surface area contributed by atoms with Gasteiger partial charge in [0.1, 0.15) is 5.82 Å². The summed E-state index contributed by atoms with van der Waals surface area (Å²) in [6, 6.07) is 5.02. The molecule has 19 heavy (non-hydrogen) atoms. The molecule has 2 aromatic rings. The van der Waals surface area contributed by atoms with Gasteiger partial charge < -0.3 is 10.1 Å². The fraction of sp³-hybridized carbons (Fsp3) is 0.357. The Kier molecular flexibility index (Phi) is 3.74. The molecule has 0 unspecified atom stereocenters. The lowest BCUT2D eigenvalue weighted by Gasteiger charge is -2.11. The smallest absolute Gasteiger partial charge is 0.216 e. The first-order valence-corrected chi connectivity index (χ1v) is 6.10. The molecule has 1 aromatic heterocycles. The first kappa shape index (κ1) is 13.4. The topological polar surface area (TPSA) is 39.1 Å². The highest BCUT2D eigenvalue weighted by atomic mass is 19.1. The van der Waals surface area contributed by atoms with E-state index in [9.17, 15) is 4.39 Å². The molecule has 102 valence electrons. The van der Waals surface area contributed by atoms with Crippen molar-refractivity contribution < 1.29 is 9.13 Å². The molecule has 0 saturated carbocycles. The van der Waals surface area contributed by atoms with Crippen LogP contribution in [0.2, 0.25) is 0 Å².